The SMILES string of the molecule is CCCn1cnnc1CN(C)C(=O)COc1cc2oc(=O)c(C)c(C)c2cc1Cl. The Morgan fingerprint density at radius 3 is 2.79 bits per heavy atom. The Kier molecular flexibility index (Phi) is 6.22. The van der Waals surface area contributed by atoms with E-state index in [9.17, 15) is 9.59 Å². The number of hydrogen-bond acceptors (Lipinski definition) is 6. The number of likely N-dealkylation sites (N-methyl/N-ethyl adjacent to an activating group) is 1. The van der Waals surface area contributed by atoms with E-state index < -0.39 is 5.63 Å². The minimum Gasteiger partial charge on any atom is -0.482 e. The van der Waals surface area contributed by atoms with Crippen LogP contribution in [-0.4, -0.2) is 39.2 Å². The molecule has 0 saturated carbocycles. The maximum Gasteiger partial charge on any atom is 0.339 e. The van der Waals surface area contributed by atoms with E-state index in [1.807, 2.05) is 11.5 Å². The number of amides is 1. The first kappa shape index (κ1) is 20.9. The highest BCUT2D eigenvalue weighted by atomic mass is 35.5. The lowest BCUT2D eigenvalue weighted by Crippen LogP contribution is -2.32. The summed E-state index contributed by atoms with van der Waals surface area (Å²) in [7, 11) is 1.67. The molecule has 3 rings (SSSR count). The normalized spacial score (nSPS) is 11.1. The van der Waals surface area contributed by atoms with Crippen molar-refractivity contribution in [1.82, 2.24) is 19.7 Å². The van der Waals surface area contributed by atoms with E-state index in [2.05, 4.69) is 17.1 Å². The van der Waals surface area contributed by atoms with Gasteiger partial charge in [-0.25, -0.2) is 4.79 Å². The van der Waals surface area contributed by atoms with Crippen LogP contribution in [0.2, 0.25) is 5.02 Å². The van der Waals surface area contributed by atoms with Crippen LogP contribution in [0.15, 0.2) is 27.7 Å². The van der Waals surface area contributed by atoms with Gasteiger partial charge in [0, 0.05) is 30.6 Å². The zero-order valence-electron chi connectivity index (χ0n) is 16.9. The highest BCUT2D eigenvalue weighted by Gasteiger charge is 2.16. The molecule has 0 atom stereocenters. The number of aromatic nitrogens is 3. The molecule has 2 aromatic heterocycles. The highest BCUT2D eigenvalue weighted by molar-refractivity contribution is 6.32. The molecular formula is C20H23ClN4O4. The van der Waals surface area contributed by atoms with Crippen molar-refractivity contribution in [1.29, 1.82) is 0 Å². The lowest BCUT2D eigenvalue weighted by molar-refractivity contribution is -0.132. The minimum atomic E-state index is -0.407. The maximum absolute atomic E-state index is 12.5. The number of halogens is 1. The zero-order chi connectivity index (χ0) is 21.1. The van der Waals surface area contributed by atoms with Gasteiger partial charge in [0.15, 0.2) is 12.4 Å². The minimum absolute atomic E-state index is 0.210. The summed E-state index contributed by atoms with van der Waals surface area (Å²) in [4.78, 5) is 25.9. The van der Waals surface area contributed by atoms with Gasteiger partial charge in [0.1, 0.15) is 17.7 Å². The summed E-state index contributed by atoms with van der Waals surface area (Å²) in [6.07, 6.45) is 2.60. The number of aryl methyl sites for hydroxylation is 2. The fraction of sp³-hybridized carbons (Fsp3) is 0.400. The fourth-order valence-corrected chi connectivity index (χ4v) is 3.15. The summed E-state index contributed by atoms with van der Waals surface area (Å²) < 4.78 is 12.8. The lowest BCUT2D eigenvalue weighted by Gasteiger charge is -2.18. The van der Waals surface area contributed by atoms with Crippen LogP contribution < -0.4 is 10.4 Å². The van der Waals surface area contributed by atoms with Gasteiger partial charge in [0.2, 0.25) is 0 Å². The van der Waals surface area contributed by atoms with Crippen molar-refractivity contribution >= 4 is 28.5 Å². The number of carbonyl (C=O) groups is 1. The van der Waals surface area contributed by atoms with Crippen LogP contribution in [-0.2, 0) is 17.9 Å². The van der Waals surface area contributed by atoms with Crippen molar-refractivity contribution in [2.75, 3.05) is 13.7 Å². The molecule has 9 heteroatoms. The topological polar surface area (TPSA) is 90.5 Å². The van der Waals surface area contributed by atoms with E-state index >= 15 is 0 Å². The average molecular weight is 419 g/mol. The smallest absolute Gasteiger partial charge is 0.339 e. The summed E-state index contributed by atoms with van der Waals surface area (Å²) in [5, 5.41) is 9.03. The third-order valence-corrected chi connectivity index (χ3v) is 5.12. The quantitative estimate of drug-likeness (QED) is 0.547. The molecule has 0 N–H and O–H groups in total. The van der Waals surface area contributed by atoms with Gasteiger partial charge in [0.25, 0.3) is 5.91 Å². The summed E-state index contributed by atoms with van der Waals surface area (Å²) in [6.45, 7) is 6.50. The second-order valence-electron chi connectivity index (χ2n) is 6.90. The Labute approximate surface area is 173 Å². The van der Waals surface area contributed by atoms with Crippen molar-refractivity contribution in [3.63, 3.8) is 0 Å². The zero-order valence-corrected chi connectivity index (χ0v) is 17.6. The van der Waals surface area contributed by atoms with Crippen LogP contribution in [0.4, 0.5) is 0 Å². The van der Waals surface area contributed by atoms with Crippen molar-refractivity contribution in [2.24, 2.45) is 0 Å². The Hall–Kier alpha value is -2.87. The number of ether oxygens (including phenoxy) is 1. The first-order valence-corrected chi connectivity index (χ1v) is 9.66. The Morgan fingerprint density at radius 1 is 1.31 bits per heavy atom. The van der Waals surface area contributed by atoms with Gasteiger partial charge < -0.3 is 18.6 Å². The Bertz CT molecular complexity index is 1110. The predicted molar refractivity (Wildman–Crippen MR) is 109 cm³/mol. The fourth-order valence-electron chi connectivity index (χ4n) is 2.93. The molecule has 1 aromatic carbocycles. The van der Waals surface area contributed by atoms with Gasteiger partial charge in [-0.1, -0.05) is 18.5 Å². The van der Waals surface area contributed by atoms with Crippen molar-refractivity contribution in [3.8, 4) is 5.75 Å². The second kappa shape index (κ2) is 8.65. The van der Waals surface area contributed by atoms with E-state index in [1.165, 1.54) is 11.0 Å². The van der Waals surface area contributed by atoms with Crippen LogP contribution in [0.25, 0.3) is 11.0 Å². The number of hydrogen-bond donors (Lipinski definition) is 0. The van der Waals surface area contributed by atoms with Gasteiger partial charge in [-0.15, -0.1) is 10.2 Å². The molecule has 0 fully saturated rings. The monoisotopic (exact) mass is 418 g/mol. The molecule has 154 valence electrons. The summed E-state index contributed by atoms with van der Waals surface area (Å²) >= 11 is 6.31. The molecule has 8 nitrogen and oxygen atoms in total. The molecule has 3 aromatic rings. The van der Waals surface area contributed by atoms with Crippen LogP contribution in [0, 0.1) is 13.8 Å². The van der Waals surface area contributed by atoms with Crippen molar-refractivity contribution in [3.05, 3.63) is 50.9 Å². The van der Waals surface area contributed by atoms with Crippen molar-refractivity contribution in [2.45, 2.75) is 40.3 Å². The Morgan fingerprint density at radius 2 is 2.07 bits per heavy atom. The molecule has 0 bridgehead atoms. The largest absolute Gasteiger partial charge is 0.482 e. The number of benzene rings is 1. The van der Waals surface area contributed by atoms with Crippen LogP contribution in [0.3, 0.4) is 0 Å². The summed E-state index contributed by atoms with van der Waals surface area (Å²) in [6, 6.07) is 3.22. The number of nitrogens with zero attached hydrogens (tertiary/aromatic N) is 4. The molecule has 0 radical (unpaired) electrons. The molecule has 0 spiro atoms. The van der Waals surface area contributed by atoms with E-state index in [0.717, 1.165) is 23.9 Å². The first-order valence-electron chi connectivity index (χ1n) is 9.28. The van der Waals surface area contributed by atoms with Crippen LogP contribution >= 0.6 is 11.6 Å². The maximum atomic E-state index is 12.5. The van der Waals surface area contributed by atoms with Gasteiger partial charge in [-0.3, -0.25) is 4.79 Å². The van der Waals surface area contributed by atoms with Gasteiger partial charge >= 0.3 is 5.63 Å². The third-order valence-electron chi connectivity index (χ3n) is 4.83. The van der Waals surface area contributed by atoms with E-state index in [4.69, 9.17) is 20.8 Å². The van der Waals surface area contributed by atoms with Crippen LogP contribution in [0.5, 0.6) is 5.75 Å². The second-order valence-corrected chi connectivity index (χ2v) is 7.30. The molecule has 29 heavy (non-hydrogen) atoms. The van der Waals surface area contributed by atoms with E-state index in [-0.39, 0.29) is 18.3 Å². The summed E-state index contributed by atoms with van der Waals surface area (Å²) in [5.74, 6) is 0.745. The molecular weight excluding hydrogens is 396 g/mol. The molecule has 0 aliphatic rings. The predicted octanol–water partition coefficient (Wildman–Crippen LogP) is 3.10. The number of carbonyl (C=O) groups excluding carboxylic acids is 1. The molecule has 0 aliphatic heterocycles. The number of rotatable bonds is 7. The highest BCUT2D eigenvalue weighted by Crippen LogP contribution is 2.31. The van der Waals surface area contributed by atoms with Gasteiger partial charge in [0.05, 0.1) is 11.6 Å². The van der Waals surface area contributed by atoms with Gasteiger partial charge in [-0.05, 0) is 31.9 Å². The molecule has 0 unspecified atom stereocenters. The lowest BCUT2D eigenvalue weighted by atomic mass is 10.1. The molecule has 1 amide bonds. The molecule has 0 saturated heterocycles. The van der Waals surface area contributed by atoms with Crippen molar-refractivity contribution < 1.29 is 13.9 Å². The van der Waals surface area contributed by atoms with E-state index in [1.54, 1.807) is 26.4 Å². The van der Waals surface area contributed by atoms with E-state index in [0.29, 0.717) is 28.5 Å². The third kappa shape index (κ3) is 4.42. The average Bonchev–Trinajstić information content (AvgIpc) is 3.12. The number of fused-ring (bicyclic) bond motifs is 1. The standard InChI is InChI=1S/C20H23ClN4O4/c1-5-6-25-11-22-23-18(25)9-24(4)19(26)10-28-17-8-16-14(7-15(17)21)12(2)13(3)20(27)29-16/h7-8,11H,5-6,9-10H2,1-4H3. The molecule has 2 heterocycles. The van der Waals surface area contributed by atoms with Gasteiger partial charge in [-0.2, -0.15) is 0 Å². The van der Waals surface area contributed by atoms with Crippen LogP contribution in [0.1, 0.15) is 30.3 Å². The first-order chi connectivity index (χ1) is 13.8. The molecule has 0 aliphatic carbocycles. The summed E-state index contributed by atoms with van der Waals surface area (Å²) in [5.41, 5.74) is 1.30. The Balaban J connectivity index is 1.71.